The summed E-state index contributed by atoms with van der Waals surface area (Å²) in [6, 6.07) is 15.5. The van der Waals surface area contributed by atoms with Crippen LogP contribution in [-0.2, 0) is 11.8 Å². The van der Waals surface area contributed by atoms with Crippen molar-refractivity contribution in [2.45, 2.75) is 0 Å². The van der Waals surface area contributed by atoms with Gasteiger partial charge in [-0.1, -0.05) is 42.5 Å². The highest BCUT2D eigenvalue weighted by Gasteiger charge is 2.11. The minimum Gasteiger partial charge on any atom is -0.345 e. The van der Waals surface area contributed by atoms with Crippen LogP contribution >= 0.6 is 15.9 Å². The van der Waals surface area contributed by atoms with E-state index in [-0.39, 0.29) is 5.91 Å². The zero-order chi connectivity index (χ0) is 17.8. The Bertz CT molecular complexity index is 970. The Balaban J connectivity index is 1.65. The molecule has 0 aliphatic carbocycles. The number of benzene rings is 2. The van der Waals surface area contributed by atoms with Crippen molar-refractivity contribution in [1.29, 1.82) is 0 Å². The third-order valence-corrected chi connectivity index (χ3v) is 4.17. The monoisotopic (exact) mass is 397 g/mol. The fourth-order valence-corrected chi connectivity index (χ4v) is 3.06. The van der Waals surface area contributed by atoms with Crippen LogP contribution in [0.3, 0.4) is 0 Å². The number of rotatable bonds is 3. The van der Waals surface area contributed by atoms with Gasteiger partial charge in [-0.3, -0.25) is 20.4 Å². The zero-order valence-corrected chi connectivity index (χ0v) is 15.1. The molecule has 1 heterocycles. The minimum atomic E-state index is -0.408. The number of nitrogens with one attached hydrogen (secondary N) is 2. The van der Waals surface area contributed by atoms with Crippen LogP contribution < -0.4 is 10.9 Å². The lowest BCUT2D eigenvalue weighted by atomic mass is 10.0. The minimum absolute atomic E-state index is 0.389. The number of carbonyl (C=O) groups excluding carboxylic acids is 2. The van der Waals surface area contributed by atoms with Gasteiger partial charge in [0.15, 0.2) is 0 Å². The predicted octanol–water partition coefficient (Wildman–Crippen LogP) is 3.42. The van der Waals surface area contributed by atoms with Gasteiger partial charge in [0.05, 0.1) is 0 Å². The summed E-state index contributed by atoms with van der Waals surface area (Å²) in [6.07, 6.45) is 4.88. The molecule has 0 radical (unpaired) electrons. The number of aromatic nitrogens is 1. The number of carbonyl (C=O) groups is 2. The summed E-state index contributed by atoms with van der Waals surface area (Å²) in [7, 11) is 1.75. The van der Waals surface area contributed by atoms with E-state index in [1.54, 1.807) is 30.0 Å². The zero-order valence-electron chi connectivity index (χ0n) is 13.5. The molecule has 0 unspecified atom stereocenters. The highest BCUT2D eigenvalue weighted by Crippen LogP contribution is 2.19. The molecule has 3 aromatic rings. The van der Waals surface area contributed by atoms with Gasteiger partial charge in [-0.05, 0) is 44.4 Å². The van der Waals surface area contributed by atoms with E-state index in [0.717, 1.165) is 20.8 Å². The molecule has 5 nitrogen and oxygen atoms in total. The van der Waals surface area contributed by atoms with E-state index in [0.29, 0.717) is 5.69 Å². The largest absolute Gasteiger partial charge is 0.345 e. The first-order chi connectivity index (χ1) is 12.0. The molecule has 6 heteroatoms. The van der Waals surface area contributed by atoms with Crippen LogP contribution in [-0.4, -0.2) is 16.4 Å². The Morgan fingerprint density at radius 3 is 2.60 bits per heavy atom. The van der Waals surface area contributed by atoms with Crippen molar-refractivity contribution in [2.24, 2.45) is 7.05 Å². The Morgan fingerprint density at radius 1 is 1.08 bits per heavy atom. The molecule has 0 saturated heterocycles. The molecule has 0 saturated carbocycles. The summed E-state index contributed by atoms with van der Waals surface area (Å²) in [5, 5.41) is 2.17. The molecule has 0 aliphatic heterocycles. The summed E-state index contributed by atoms with van der Waals surface area (Å²) >= 11 is 3.30. The number of amides is 2. The maximum atomic E-state index is 12.0. The Hall–Kier alpha value is -2.86. The van der Waals surface area contributed by atoms with Crippen molar-refractivity contribution in [3.63, 3.8) is 0 Å². The van der Waals surface area contributed by atoms with Gasteiger partial charge < -0.3 is 4.57 Å². The first-order valence-electron chi connectivity index (χ1n) is 7.62. The van der Waals surface area contributed by atoms with Crippen LogP contribution in [0.5, 0.6) is 0 Å². The molecule has 126 valence electrons. The molecule has 0 atom stereocenters. The molecule has 25 heavy (non-hydrogen) atoms. The Kier molecular flexibility index (Phi) is 5.00. The van der Waals surface area contributed by atoms with Gasteiger partial charge in [0.1, 0.15) is 5.69 Å². The first-order valence-corrected chi connectivity index (χ1v) is 8.42. The van der Waals surface area contributed by atoms with E-state index >= 15 is 0 Å². The van der Waals surface area contributed by atoms with Crippen molar-refractivity contribution >= 4 is 44.6 Å². The van der Waals surface area contributed by atoms with E-state index < -0.39 is 5.91 Å². The van der Waals surface area contributed by atoms with Crippen molar-refractivity contribution in [3.05, 3.63) is 76.5 Å². The van der Waals surface area contributed by atoms with Gasteiger partial charge >= 0.3 is 0 Å². The Morgan fingerprint density at radius 2 is 1.84 bits per heavy atom. The van der Waals surface area contributed by atoms with E-state index in [2.05, 4.69) is 26.8 Å². The maximum absolute atomic E-state index is 12.0. The standard InChI is InChI=1S/C19H16BrN3O2/c1-23-12-15(20)11-17(23)19(25)22-21-18(24)10-9-14-7-4-6-13-5-2-3-8-16(13)14/h2-12H,1H3,(H,21,24)(H,22,25)/b10-9+. The summed E-state index contributed by atoms with van der Waals surface area (Å²) in [5.41, 5.74) is 6.15. The summed E-state index contributed by atoms with van der Waals surface area (Å²) < 4.78 is 2.46. The second-order valence-corrected chi connectivity index (χ2v) is 6.42. The summed E-state index contributed by atoms with van der Waals surface area (Å²) in [6.45, 7) is 0. The van der Waals surface area contributed by atoms with Gasteiger partial charge in [0.25, 0.3) is 11.8 Å². The number of nitrogens with zero attached hydrogens (tertiary/aromatic N) is 1. The number of aryl methyl sites for hydroxylation is 1. The summed E-state index contributed by atoms with van der Waals surface area (Å²) in [4.78, 5) is 24.0. The molecule has 3 rings (SSSR count). The number of fused-ring (bicyclic) bond motifs is 1. The maximum Gasteiger partial charge on any atom is 0.286 e. The lowest BCUT2D eigenvalue weighted by molar-refractivity contribution is -0.117. The molecular weight excluding hydrogens is 382 g/mol. The van der Waals surface area contributed by atoms with Crippen molar-refractivity contribution in [1.82, 2.24) is 15.4 Å². The van der Waals surface area contributed by atoms with Gasteiger partial charge in [-0.25, -0.2) is 0 Å². The number of hydrogen-bond acceptors (Lipinski definition) is 2. The van der Waals surface area contributed by atoms with E-state index in [1.807, 2.05) is 42.5 Å². The number of halogens is 1. The van der Waals surface area contributed by atoms with Crippen LogP contribution in [0.1, 0.15) is 16.1 Å². The SMILES string of the molecule is Cn1cc(Br)cc1C(=O)NNC(=O)/C=C/c1cccc2ccccc12. The molecule has 0 fully saturated rings. The third-order valence-electron chi connectivity index (χ3n) is 3.74. The molecule has 2 N–H and O–H groups in total. The average Bonchev–Trinajstić information content (AvgIpc) is 2.96. The topological polar surface area (TPSA) is 63.1 Å². The van der Waals surface area contributed by atoms with Crippen molar-refractivity contribution < 1.29 is 9.59 Å². The van der Waals surface area contributed by atoms with E-state index in [1.165, 1.54) is 6.08 Å². The summed E-state index contributed by atoms with van der Waals surface area (Å²) in [5.74, 6) is -0.797. The van der Waals surface area contributed by atoms with E-state index in [9.17, 15) is 9.59 Å². The van der Waals surface area contributed by atoms with Crippen molar-refractivity contribution in [3.8, 4) is 0 Å². The molecule has 1 aromatic heterocycles. The average molecular weight is 398 g/mol. The number of hydrogen-bond donors (Lipinski definition) is 2. The van der Waals surface area contributed by atoms with E-state index in [4.69, 9.17) is 0 Å². The normalized spacial score (nSPS) is 11.0. The molecule has 0 bridgehead atoms. The van der Waals surface area contributed by atoms with Gasteiger partial charge in [-0.15, -0.1) is 0 Å². The molecule has 2 amide bonds. The highest BCUT2D eigenvalue weighted by atomic mass is 79.9. The molecule has 2 aromatic carbocycles. The lowest BCUT2D eigenvalue weighted by Crippen LogP contribution is -2.41. The van der Waals surface area contributed by atoms with Gasteiger partial charge in [0.2, 0.25) is 0 Å². The van der Waals surface area contributed by atoms with Crippen molar-refractivity contribution in [2.75, 3.05) is 0 Å². The third kappa shape index (κ3) is 3.97. The first kappa shape index (κ1) is 17.0. The van der Waals surface area contributed by atoms with Crippen LogP contribution in [0, 0.1) is 0 Å². The second kappa shape index (κ2) is 7.36. The predicted molar refractivity (Wildman–Crippen MR) is 102 cm³/mol. The Labute approximate surface area is 153 Å². The van der Waals surface area contributed by atoms with Gasteiger partial charge in [-0.2, -0.15) is 0 Å². The highest BCUT2D eigenvalue weighted by molar-refractivity contribution is 9.10. The smallest absolute Gasteiger partial charge is 0.286 e. The van der Waals surface area contributed by atoms with Crippen LogP contribution in [0.25, 0.3) is 16.8 Å². The van der Waals surface area contributed by atoms with Crippen LogP contribution in [0.15, 0.2) is 65.3 Å². The molecule has 0 aliphatic rings. The second-order valence-electron chi connectivity index (χ2n) is 5.50. The van der Waals surface area contributed by atoms with Crippen LogP contribution in [0.2, 0.25) is 0 Å². The van der Waals surface area contributed by atoms with Gasteiger partial charge in [0, 0.05) is 23.8 Å². The molecular formula is C19H16BrN3O2. The molecule has 0 spiro atoms. The quantitative estimate of drug-likeness (QED) is 0.525. The fraction of sp³-hybridized carbons (Fsp3) is 0.0526. The van der Waals surface area contributed by atoms with Crippen LogP contribution in [0.4, 0.5) is 0 Å². The lowest BCUT2D eigenvalue weighted by Gasteiger charge is -2.06. The fourth-order valence-electron chi connectivity index (χ4n) is 2.54. The number of hydrazine groups is 1.